The van der Waals surface area contributed by atoms with Crippen molar-refractivity contribution in [3.8, 4) is 34.4 Å². The highest BCUT2D eigenvalue weighted by Crippen LogP contribution is 2.25. The second-order valence-corrected chi connectivity index (χ2v) is 21.4. The van der Waals surface area contributed by atoms with Gasteiger partial charge in [-0.05, 0) is 184 Å². The van der Waals surface area contributed by atoms with Crippen molar-refractivity contribution >= 4 is 69.7 Å². The molecule has 4 aromatic heterocycles. The summed E-state index contributed by atoms with van der Waals surface area (Å²) in [5.74, 6) is 2.77. The molecule has 0 fully saturated rings. The van der Waals surface area contributed by atoms with Gasteiger partial charge in [0.25, 0.3) is 0 Å². The molecular formula is C62H76N12O12. The van der Waals surface area contributed by atoms with E-state index in [9.17, 15) is 19.2 Å². The molecule has 0 aliphatic rings. The number of fused-ring (bicyclic) bond motifs is 2. The van der Waals surface area contributed by atoms with Gasteiger partial charge in [-0.15, -0.1) is 0 Å². The number of ether oxygens (including phenoxy) is 7. The molecule has 0 bridgehead atoms. The maximum absolute atomic E-state index is 11.7. The number of aromatic nitrogens is 8. The summed E-state index contributed by atoms with van der Waals surface area (Å²) in [6.07, 6.45) is 10.5. The number of unbranched alkanes of at least 4 members (excludes halogenated alkanes) is 2. The van der Waals surface area contributed by atoms with Crippen LogP contribution in [0, 0.1) is 0 Å². The fraction of sp³-hybridized carbons (Fsp3) is 0.387. The summed E-state index contributed by atoms with van der Waals surface area (Å²) in [6.45, 7) is 16.0. The number of hydrogen-bond donors (Lipinski definition) is 5. The van der Waals surface area contributed by atoms with Crippen LogP contribution in [0.2, 0.25) is 0 Å². The van der Waals surface area contributed by atoms with E-state index in [0.717, 1.165) is 41.3 Å². The summed E-state index contributed by atoms with van der Waals surface area (Å²) in [5.41, 5.74) is 4.94. The molecule has 0 saturated heterocycles. The minimum Gasteiger partial charge on any atom is -0.494 e. The van der Waals surface area contributed by atoms with Crippen LogP contribution < -0.4 is 40.2 Å². The number of carboxylic acids is 1. The van der Waals surface area contributed by atoms with Gasteiger partial charge in [-0.3, -0.25) is 18.7 Å². The number of amides is 2. The van der Waals surface area contributed by atoms with Crippen molar-refractivity contribution < 1.29 is 57.4 Å². The summed E-state index contributed by atoms with van der Waals surface area (Å²) in [6, 6.07) is 30.2. The molecule has 24 nitrogen and oxygen atoms in total. The first-order valence-electron chi connectivity index (χ1n) is 28.5. The van der Waals surface area contributed by atoms with Crippen LogP contribution in [0.3, 0.4) is 0 Å². The van der Waals surface area contributed by atoms with Crippen LogP contribution in [-0.2, 0) is 23.8 Å². The van der Waals surface area contributed by atoms with Crippen molar-refractivity contribution in [2.75, 3.05) is 56.8 Å². The molecule has 0 saturated carbocycles. The smallest absolute Gasteiger partial charge is 0.407 e. The molecule has 86 heavy (non-hydrogen) atoms. The van der Waals surface area contributed by atoms with Crippen molar-refractivity contribution in [3.05, 3.63) is 122 Å². The van der Waals surface area contributed by atoms with Gasteiger partial charge in [0.1, 0.15) is 57.9 Å². The van der Waals surface area contributed by atoms with Crippen molar-refractivity contribution in [2.45, 2.75) is 111 Å². The Morgan fingerprint density at radius 2 is 0.860 bits per heavy atom. The Morgan fingerprint density at radius 1 is 0.488 bits per heavy atom. The van der Waals surface area contributed by atoms with Crippen molar-refractivity contribution in [3.63, 3.8) is 0 Å². The molecule has 4 heterocycles. The maximum Gasteiger partial charge on any atom is 0.407 e. The van der Waals surface area contributed by atoms with Gasteiger partial charge in [-0.25, -0.2) is 29.5 Å². The lowest BCUT2D eigenvalue weighted by atomic mass is 10.2. The van der Waals surface area contributed by atoms with E-state index < -0.39 is 29.4 Å². The van der Waals surface area contributed by atoms with Crippen molar-refractivity contribution in [1.82, 2.24) is 49.7 Å². The molecule has 0 unspecified atom stereocenters. The quantitative estimate of drug-likeness (QED) is 0.0165. The SMILES string of the molecule is CC(C)(C)OC(=O)NCCCOc1ccc(Nc2ncc3ncn(-c4ccc(OCCCCC(=O)O)cc4)c3n2)cc1.CCOC(=O)CCCCOc1ccc(-n2cnc3cnc(Nc4ccc(OCCCNC(=O)OC(C)(C)C)cc4)nc32)cc1. The van der Waals surface area contributed by atoms with E-state index in [1.807, 2.05) is 148 Å². The molecule has 5 N–H and O–H groups in total. The van der Waals surface area contributed by atoms with Crippen LogP contribution in [0.5, 0.6) is 23.0 Å². The largest absolute Gasteiger partial charge is 0.494 e. The third kappa shape index (κ3) is 21.8. The minimum atomic E-state index is -0.795. The average molecular weight is 1180 g/mol. The molecule has 24 heteroatoms. The Hall–Kier alpha value is -9.74. The van der Waals surface area contributed by atoms with E-state index in [1.54, 1.807) is 32.0 Å². The van der Waals surface area contributed by atoms with Gasteiger partial charge >= 0.3 is 24.1 Å². The Labute approximate surface area is 499 Å². The Balaban J connectivity index is 0.000000246. The van der Waals surface area contributed by atoms with E-state index in [-0.39, 0.29) is 12.4 Å². The molecule has 0 spiro atoms. The highest BCUT2D eigenvalue weighted by Gasteiger charge is 2.17. The third-order valence-electron chi connectivity index (χ3n) is 12.0. The first-order chi connectivity index (χ1) is 41.4. The molecule has 4 aromatic carbocycles. The van der Waals surface area contributed by atoms with Gasteiger partial charge in [-0.2, -0.15) is 9.97 Å². The predicted octanol–water partition coefficient (Wildman–Crippen LogP) is 11.5. The molecule has 0 radical (unpaired) electrons. The number of carbonyl (C=O) groups excluding carboxylic acids is 3. The van der Waals surface area contributed by atoms with Gasteiger partial charge < -0.3 is 59.5 Å². The summed E-state index contributed by atoms with van der Waals surface area (Å²) >= 11 is 0. The molecule has 456 valence electrons. The zero-order valence-electron chi connectivity index (χ0n) is 49.7. The minimum absolute atomic E-state index is 0.145. The Kier molecular flexibility index (Phi) is 23.6. The highest BCUT2D eigenvalue weighted by molar-refractivity contribution is 5.76. The zero-order valence-corrected chi connectivity index (χ0v) is 49.7. The normalized spacial score (nSPS) is 11.2. The number of imidazole rings is 2. The first kappa shape index (κ1) is 63.8. The van der Waals surface area contributed by atoms with Crippen LogP contribution in [-0.4, -0.2) is 126 Å². The van der Waals surface area contributed by atoms with Gasteiger partial charge in [0.2, 0.25) is 11.9 Å². The predicted molar refractivity (Wildman–Crippen MR) is 324 cm³/mol. The number of carbonyl (C=O) groups is 4. The van der Waals surface area contributed by atoms with Gasteiger partial charge in [-0.1, -0.05) is 0 Å². The lowest BCUT2D eigenvalue weighted by molar-refractivity contribution is -0.143. The summed E-state index contributed by atoms with van der Waals surface area (Å²) in [7, 11) is 0. The number of carboxylic acid groups (broad SMARTS) is 1. The average Bonchev–Trinajstić information content (AvgIpc) is 3.07. The number of alkyl carbamates (subject to hydrolysis) is 2. The zero-order chi connectivity index (χ0) is 61.3. The van der Waals surface area contributed by atoms with E-state index in [0.29, 0.717) is 130 Å². The number of nitrogens with one attached hydrogen (secondary N) is 4. The number of benzene rings is 4. The highest BCUT2D eigenvalue weighted by atomic mass is 16.6. The summed E-state index contributed by atoms with van der Waals surface area (Å²) in [5, 5.41) is 20.6. The lowest BCUT2D eigenvalue weighted by Crippen LogP contribution is -2.33. The fourth-order valence-corrected chi connectivity index (χ4v) is 7.95. The standard InChI is InChI=1S/C32H40N6O6.C30H36N6O6/c1-5-41-28(39)9-6-7-19-42-26-16-12-24(13-17-26)38-22-35-27-21-34-30(37-29(27)38)36-23-10-14-25(15-11-23)43-20-8-18-33-31(40)44-32(2,3)4;1-30(2,3)42-29(39)31-16-6-18-41-23-12-8-21(9-13-23)34-28-32-19-25-27(35-28)36(20-33-25)22-10-14-24(15-11-22)40-17-5-4-7-26(37)38/h10-17,21-22H,5-9,18-20H2,1-4H3,(H,33,40)(H,34,36,37);8-15,19-20H,4-7,16-18H2,1-3H3,(H,31,39)(H,37,38)(H,32,34,35). The number of aliphatic carboxylic acids is 1. The number of esters is 1. The summed E-state index contributed by atoms with van der Waals surface area (Å²) in [4.78, 5) is 72.4. The van der Waals surface area contributed by atoms with E-state index >= 15 is 0 Å². The summed E-state index contributed by atoms with van der Waals surface area (Å²) < 4.78 is 42.2. The third-order valence-corrected chi connectivity index (χ3v) is 12.0. The van der Waals surface area contributed by atoms with Gasteiger partial charge in [0.05, 0.1) is 45.4 Å². The van der Waals surface area contributed by atoms with Crippen LogP contribution in [0.25, 0.3) is 33.7 Å². The van der Waals surface area contributed by atoms with E-state index in [4.69, 9.17) is 38.3 Å². The molecule has 2 amide bonds. The monoisotopic (exact) mass is 1180 g/mol. The van der Waals surface area contributed by atoms with Crippen molar-refractivity contribution in [2.24, 2.45) is 0 Å². The van der Waals surface area contributed by atoms with Crippen molar-refractivity contribution in [1.29, 1.82) is 0 Å². The number of hydrogen-bond acceptors (Lipinski definition) is 19. The van der Waals surface area contributed by atoms with E-state index in [1.165, 1.54) is 0 Å². The van der Waals surface area contributed by atoms with Crippen LogP contribution in [0.15, 0.2) is 122 Å². The molecule has 0 aliphatic carbocycles. The number of nitrogens with zero attached hydrogens (tertiary/aromatic N) is 8. The second-order valence-electron chi connectivity index (χ2n) is 21.4. The molecule has 0 atom stereocenters. The Bertz CT molecular complexity index is 3420. The second kappa shape index (κ2) is 31.8. The molecular weight excluding hydrogens is 1100 g/mol. The molecule has 8 rings (SSSR count). The van der Waals surface area contributed by atoms with Crippen LogP contribution >= 0.6 is 0 Å². The molecule has 8 aromatic rings. The van der Waals surface area contributed by atoms with Gasteiger partial charge in [0.15, 0.2) is 11.3 Å². The van der Waals surface area contributed by atoms with Gasteiger partial charge in [0, 0.05) is 48.7 Å². The lowest BCUT2D eigenvalue weighted by Gasteiger charge is -2.19. The molecule has 0 aliphatic heterocycles. The Morgan fingerprint density at radius 3 is 1.23 bits per heavy atom. The maximum atomic E-state index is 11.7. The van der Waals surface area contributed by atoms with Crippen LogP contribution in [0.4, 0.5) is 32.9 Å². The number of rotatable bonds is 29. The fourth-order valence-electron chi connectivity index (χ4n) is 7.95. The van der Waals surface area contributed by atoms with E-state index in [2.05, 4.69) is 51.2 Å². The van der Waals surface area contributed by atoms with Crippen LogP contribution in [0.1, 0.15) is 99.8 Å². The number of anilines is 4. The topological polar surface area (TPSA) is 288 Å². The first-order valence-corrected chi connectivity index (χ1v) is 28.5.